The second-order valence-corrected chi connectivity index (χ2v) is 9.06. The Hall–Kier alpha value is -2.22. The summed E-state index contributed by atoms with van der Waals surface area (Å²) in [5, 5.41) is 13.7. The zero-order valence-electron chi connectivity index (χ0n) is 14.9. The number of amides is 1. The number of hydrogen-bond acceptors (Lipinski definition) is 4. The second kappa shape index (κ2) is 6.74. The topological polar surface area (TPSA) is 86.7 Å². The molecule has 0 atom stereocenters. The summed E-state index contributed by atoms with van der Waals surface area (Å²) < 4.78 is 27.5. The molecule has 1 amide bonds. The molecule has 2 aliphatic rings. The van der Waals surface area contributed by atoms with Crippen LogP contribution in [-0.2, 0) is 22.0 Å². The van der Waals surface area contributed by atoms with Gasteiger partial charge >= 0.3 is 0 Å². The Morgan fingerprint density at radius 2 is 1.74 bits per heavy atom. The number of hydrogen-bond donors (Lipinski definition) is 2. The van der Waals surface area contributed by atoms with Gasteiger partial charge in [0.2, 0.25) is 10.0 Å². The summed E-state index contributed by atoms with van der Waals surface area (Å²) in [6.45, 7) is 1.04. The lowest BCUT2D eigenvalue weighted by atomic mass is 9.85. The third-order valence-electron chi connectivity index (χ3n) is 5.50. The number of aliphatic hydroxyl groups is 1. The molecule has 2 aromatic rings. The van der Waals surface area contributed by atoms with Crippen LogP contribution in [-0.4, -0.2) is 43.4 Å². The average molecular weight is 386 g/mol. The minimum Gasteiger partial charge on any atom is -0.385 e. The van der Waals surface area contributed by atoms with Crippen LogP contribution in [0.3, 0.4) is 0 Å². The number of fused-ring (bicyclic) bond motifs is 1. The van der Waals surface area contributed by atoms with Crippen molar-refractivity contribution in [2.24, 2.45) is 0 Å². The van der Waals surface area contributed by atoms with Crippen molar-refractivity contribution >= 4 is 15.9 Å². The molecule has 0 aliphatic carbocycles. The summed E-state index contributed by atoms with van der Waals surface area (Å²) in [7, 11) is -3.71. The molecule has 6 nitrogen and oxygen atoms in total. The lowest BCUT2D eigenvalue weighted by molar-refractivity contribution is -0.00961. The molecule has 7 heteroatoms. The lowest BCUT2D eigenvalue weighted by Gasteiger charge is -2.38. The van der Waals surface area contributed by atoms with E-state index < -0.39 is 15.6 Å². The number of nitrogens with one attached hydrogen (secondary N) is 1. The Kier molecular flexibility index (Phi) is 4.53. The first kappa shape index (κ1) is 18.2. The van der Waals surface area contributed by atoms with Crippen LogP contribution in [0.5, 0.6) is 0 Å². The van der Waals surface area contributed by atoms with Gasteiger partial charge < -0.3 is 10.4 Å². The van der Waals surface area contributed by atoms with E-state index in [1.54, 1.807) is 12.1 Å². The highest BCUT2D eigenvalue weighted by atomic mass is 32.2. The third-order valence-corrected chi connectivity index (χ3v) is 7.40. The molecule has 27 heavy (non-hydrogen) atoms. The minimum absolute atomic E-state index is 0.128. The Labute approximate surface area is 158 Å². The molecular weight excluding hydrogens is 364 g/mol. The van der Waals surface area contributed by atoms with Gasteiger partial charge in [-0.2, -0.15) is 4.31 Å². The highest BCUT2D eigenvalue weighted by Crippen LogP contribution is 2.34. The molecule has 2 N–H and O–H groups in total. The molecule has 142 valence electrons. The van der Waals surface area contributed by atoms with E-state index in [-0.39, 0.29) is 23.9 Å². The maximum Gasteiger partial charge on any atom is 0.251 e. The van der Waals surface area contributed by atoms with E-state index >= 15 is 0 Å². The zero-order chi connectivity index (χ0) is 19.1. The summed E-state index contributed by atoms with van der Waals surface area (Å²) >= 11 is 0. The fourth-order valence-electron chi connectivity index (χ4n) is 3.83. The van der Waals surface area contributed by atoms with Crippen LogP contribution in [0, 0.1) is 0 Å². The molecule has 2 aromatic carbocycles. The predicted octanol–water partition coefficient (Wildman–Crippen LogP) is 1.64. The number of sulfonamides is 1. The van der Waals surface area contributed by atoms with Gasteiger partial charge in [0.25, 0.3) is 5.91 Å². The molecule has 1 fully saturated rings. The van der Waals surface area contributed by atoms with Gasteiger partial charge in [0, 0.05) is 25.2 Å². The fourth-order valence-corrected chi connectivity index (χ4v) is 5.30. The van der Waals surface area contributed by atoms with Crippen LogP contribution >= 0.6 is 0 Å². The molecule has 0 bridgehead atoms. The SMILES string of the molecule is O=C1NCCc2ccc(S(=O)(=O)N3CCC(O)(c4ccccc4)CC3)cc21. The Balaban J connectivity index is 1.56. The van der Waals surface area contributed by atoms with E-state index in [0.717, 1.165) is 11.1 Å². The average Bonchev–Trinajstić information content (AvgIpc) is 2.69. The molecule has 0 saturated carbocycles. The predicted molar refractivity (Wildman–Crippen MR) is 101 cm³/mol. The summed E-state index contributed by atoms with van der Waals surface area (Å²) in [6.07, 6.45) is 1.37. The number of carbonyl (C=O) groups excluding carboxylic acids is 1. The lowest BCUT2D eigenvalue weighted by Crippen LogP contribution is -2.45. The van der Waals surface area contributed by atoms with Crippen LogP contribution in [0.4, 0.5) is 0 Å². The maximum absolute atomic E-state index is 13.0. The molecule has 0 radical (unpaired) electrons. The van der Waals surface area contributed by atoms with Gasteiger partial charge in [-0.3, -0.25) is 4.79 Å². The molecular formula is C20H22N2O4S. The van der Waals surface area contributed by atoms with Crippen molar-refractivity contribution < 1.29 is 18.3 Å². The van der Waals surface area contributed by atoms with E-state index in [2.05, 4.69) is 5.32 Å². The van der Waals surface area contributed by atoms with Crippen molar-refractivity contribution in [3.63, 3.8) is 0 Å². The van der Waals surface area contributed by atoms with Crippen molar-refractivity contribution in [2.45, 2.75) is 29.8 Å². The van der Waals surface area contributed by atoms with E-state index in [4.69, 9.17) is 0 Å². The Morgan fingerprint density at radius 1 is 1.04 bits per heavy atom. The summed E-state index contributed by atoms with van der Waals surface area (Å²) in [5.41, 5.74) is 1.10. The molecule has 0 aromatic heterocycles. The van der Waals surface area contributed by atoms with Crippen molar-refractivity contribution in [1.29, 1.82) is 0 Å². The number of nitrogens with zero attached hydrogens (tertiary/aromatic N) is 1. The Bertz CT molecular complexity index is 965. The number of benzene rings is 2. The Morgan fingerprint density at radius 3 is 2.44 bits per heavy atom. The van der Waals surface area contributed by atoms with Crippen LogP contribution in [0.2, 0.25) is 0 Å². The highest BCUT2D eigenvalue weighted by Gasteiger charge is 2.38. The second-order valence-electron chi connectivity index (χ2n) is 7.13. The van der Waals surface area contributed by atoms with Crippen molar-refractivity contribution in [1.82, 2.24) is 9.62 Å². The first-order chi connectivity index (χ1) is 12.9. The van der Waals surface area contributed by atoms with Crippen LogP contribution < -0.4 is 5.32 Å². The maximum atomic E-state index is 13.0. The quantitative estimate of drug-likeness (QED) is 0.840. The first-order valence-electron chi connectivity index (χ1n) is 9.09. The van der Waals surface area contributed by atoms with Crippen molar-refractivity contribution in [2.75, 3.05) is 19.6 Å². The zero-order valence-corrected chi connectivity index (χ0v) is 15.7. The highest BCUT2D eigenvalue weighted by molar-refractivity contribution is 7.89. The largest absolute Gasteiger partial charge is 0.385 e. The van der Waals surface area contributed by atoms with E-state index in [0.29, 0.717) is 31.4 Å². The van der Waals surface area contributed by atoms with Crippen molar-refractivity contribution in [3.8, 4) is 0 Å². The normalized spacial score (nSPS) is 20.0. The number of carbonyl (C=O) groups is 1. The summed E-state index contributed by atoms with van der Waals surface area (Å²) in [6, 6.07) is 14.1. The van der Waals surface area contributed by atoms with Gasteiger partial charge in [0.1, 0.15) is 0 Å². The minimum atomic E-state index is -3.71. The molecule has 1 saturated heterocycles. The fraction of sp³-hybridized carbons (Fsp3) is 0.350. The summed E-state index contributed by atoms with van der Waals surface area (Å²) in [4.78, 5) is 12.2. The molecule has 0 unspecified atom stereocenters. The third kappa shape index (κ3) is 3.26. The van der Waals surface area contributed by atoms with E-state index in [1.165, 1.54) is 10.4 Å². The van der Waals surface area contributed by atoms with E-state index in [1.807, 2.05) is 30.3 Å². The molecule has 0 spiro atoms. The van der Waals surface area contributed by atoms with Crippen molar-refractivity contribution in [3.05, 3.63) is 65.2 Å². The smallest absolute Gasteiger partial charge is 0.251 e. The van der Waals surface area contributed by atoms with Gasteiger partial charge in [0.05, 0.1) is 10.5 Å². The van der Waals surface area contributed by atoms with Gasteiger partial charge in [-0.1, -0.05) is 36.4 Å². The first-order valence-corrected chi connectivity index (χ1v) is 10.5. The monoisotopic (exact) mass is 386 g/mol. The van der Waals surface area contributed by atoms with Gasteiger partial charge in [-0.25, -0.2) is 8.42 Å². The van der Waals surface area contributed by atoms with Gasteiger partial charge in [-0.05, 0) is 42.5 Å². The molecule has 2 heterocycles. The van der Waals surface area contributed by atoms with Crippen LogP contribution in [0.1, 0.15) is 34.3 Å². The van der Waals surface area contributed by atoms with E-state index in [9.17, 15) is 18.3 Å². The molecule has 4 rings (SSSR count). The standard InChI is InChI=1S/C20H22N2O4S/c23-19-18-14-17(7-6-15(18)8-11-21-19)27(25,26)22-12-9-20(24,10-13-22)16-4-2-1-3-5-16/h1-7,14,24H,8-13H2,(H,21,23). The van der Waals surface area contributed by atoms with Crippen LogP contribution in [0.15, 0.2) is 53.4 Å². The summed E-state index contributed by atoms with van der Waals surface area (Å²) in [5.74, 6) is -0.231. The molecule has 2 aliphatic heterocycles. The van der Waals surface area contributed by atoms with Gasteiger partial charge in [-0.15, -0.1) is 0 Å². The van der Waals surface area contributed by atoms with Crippen LogP contribution in [0.25, 0.3) is 0 Å². The number of piperidine rings is 1. The van der Waals surface area contributed by atoms with Gasteiger partial charge in [0.15, 0.2) is 0 Å². The number of rotatable bonds is 3.